The summed E-state index contributed by atoms with van der Waals surface area (Å²) >= 11 is 1.03. The summed E-state index contributed by atoms with van der Waals surface area (Å²) in [6.45, 7) is 2.40. The predicted molar refractivity (Wildman–Crippen MR) is 92.0 cm³/mol. The fraction of sp³-hybridized carbons (Fsp3) is 0.800. The number of nitrogens with two attached hydrogens (primary N) is 1. The lowest BCUT2D eigenvalue weighted by atomic mass is 10.1. The second-order valence-electron chi connectivity index (χ2n) is 5.94. The normalized spacial score (nSPS) is 18.2. The zero-order valence-corrected chi connectivity index (χ0v) is 15.7. The van der Waals surface area contributed by atoms with Crippen LogP contribution in [0.5, 0.6) is 0 Å². The molecule has 1 aliphatic heterocycles. The summed E-state index contributed by atoms with van der Waals surface area (Å²) in [5.74, 6) is -0.664. The van der Waals surface area contributed by atoms with Crippen LogP contribution in [0.1, 0.15) is 32.6 Å². The van der Waals surface area contributed by atoms with E-state index in [-0.39, 0.29) is 42.1 Å². The number of rotatable bonds is 11. The van der Waals surface area contributed by atoms with Gasteiger partial charge in [-0.2, -0.15) is 0 Å². The number of carbonyl (C=O) groups excluding carboxylic acids is 3. The molecule has 0 aromatic heterocycles. The van der Waals surface area contributed by atoms with Crippen molar-refractivity contribution in [3.05, 3.63) is 0 Å². The molecule has 4 N–H and O–H groups in total. The van der Waals surface area contributed by atoms with Gasteiger partial charge in [0.25, 0.3) is 0 Å². The molecule has 1 aliphatic rings. The van der Waals surface area contributed by atoms with Gasteiger partial charge in [0.05, 0.1) is 25.1 Å². The summed E-state index contributed by atoms with van der Waals surface area (Å²) in [6, 6.07) is -0.596. The first-order chi connectivity index (χ1) is 12.4. The Bertz CT molecular complexity index is 478. The number of likely N-dealkylation sites (tertiary alicyclic amines) is 1. The number of unbranched alkanes of at least 4 members (excludes halogenated alkanes) is 1. The van der Waals surface area contributed by atoms with Gasteiger partial charge in [-0.25, -0.2) is 4.79 Å². The molecule has 26 heavy (non-hydrogen) atoms. The quantitative estimate of drug-likeness (QED) is 0.252. The van der Waals surface area contributed by atoms with Gasteiger partial charge in [0, 0.05) is 18.2 Å². The van der Waals surface area contributed by atoms with Crippen LogP contribution >= 0.6 is 11.8 Å². The largest absolute Gasteiger partial charge is 0.464 e. The fourth-order valence-electron chi connectivity index (χ4n) is 2.53. The lowest BCUT2D eigenvalue weighted by molar-refractivity contribution is -0.492. The number of nitrogens with zero attached hydrogens (tertiary/aromatic N) is 2. The highest BCUT2D eigenvalue weighted by Crippen LogP contribution is 2.22. The van der Waals surface area contributed by atoms with Crippen LogP contribution in [-0.4, -0.2) is 75.8 Å². The molecule has 11 heteroatoms. The average Bonchev–Trinajstić information content (AvgIpc) is 3.10. The Morgan fingerprint density at radius 3 is 2.65 bits per heavy atom. The highest BCUT2D eigenvalue weighted by Gasteiger charge is 2.36. The zero-order valence-electron chi connectivity index (χ0n) is 14.8. The highest BCUT2D eigenvalue weighted by atomic mass is 32.2. The molecule has 0 radical (unpaired) electrons. The summed E-state index contributed by atoms with van der Waals surface area (Å²) in [5, 5.41) is 16.2. The van der Waals surface area contributed by atoms with Gasteiger partial charge in [0.2, 0.25) is 11.0 Å². The SMILES string of the molecule is C[C@H](CSC(=O)CN)C(=O)N1CCC[C@H]1C(=O)OCCCCON(O)O. The number of amides is 1. The fourth-order valence-corrected chi connectivity index (χ4v) is 3.22. The van der Waals surface area contributed by atoms with Gasteiger partial charge in [-0.3, -0.25) is 24.8 Å². The average molecular weight is 393 g/mol. The number of esters is 1. The topological polar surface area (TPSA) is 143 Å². The van der Waals surface area contributed by atoms with Crippen molar-refractivity contribution in [3.63, 3.8) is 0 Å². The summed E-state index contributed by atoms with van der Waals surface area (Å²) in [5.41, 5.74) is 5.25. The predicted octanol–water partition coefficient (Wildman–Crippen LogP) is 0.167. The minimum Gasteiger partial charge on any atom is -0.464 e. The summed E-state index contributed by atoms with van der Waals surface area (Å²) in [4.78, 5) is 41.9. The minimum atomic E-state index is -0.596. The van der Waals surface area contributed by atoms with Crippen molar-refractivity contribution < 1.29 is 34.4 Å². The Morgan fingerprint density at radius 1 is 1.31 bits per heavy atom. The van der Waals surface area contributed by atoms with Crippen molar-refractivity contribution in [2.45, 2.75) is 38.6 Å². The van der Waals surface area contributed by atoms with Crippen LogP contribution in [0, 0.1) is 5.92 Å². The number of hydrogen-bond acceptors (Lipinski definition) is 10. The number of thioether (sulfide) groups is 1. The van der Waals surface area contributed by atoms with E-state index >= 15 is 0 Å². The molecule has 0 aromatic carbocycles. The molecule has 10 nitrogen and oxygen atoms in total. The lowest BCUT2D eigenvalue weighted by Crippen LogP contribution is -2.44. The molecular formula is C15H27N3O7S. The molecule has 0 unspecified atom stereocenters. The third kappa shape index (κ3) is 7.98. The second kappa shape index (κ2) is 12.2. The lowest BCUT2D eigenvalue weighted by Gasteiger charge is -2.26. The first-order valence-corrected chi connectivity index (χ1v) is 9.49. The Morgan fingerprint density at radius 2 is 2.00 bits per heavy atom. The zero-order chi connectivity index (χ0) is 19.5. The van der Waals surface area contributed by atoms with Gasteiger partial charge in [-0.15, -0.1) is 0 Å². The molecule has 0 saturated carbocycles. The maximum absolute atomic E-state index is 12.5. The van der Waals surface area contributed by atoms with Crippen LogP contribution in [0.2, 0.25) is 0 Å². The summed E-state index contributed by atoms with van der Waals surface area (Å²) in [6.07, 6.45) is 2.25. The second-order valence-corrected chi connectivity index (χ2v) is 7.02. The Labute approximate surface area is 156 Å². The summed E-state index contributed by atoms with van der Waals surface area (Å²) < 4.78 is 5.21. The van der Waals surface area contributed by atoms with Gasteiger partial charge in [0.1, 0.15) is 6.04 Å². The van der Waals surface area contributed by atoms with Gasteiger partial charge in [0.15, 0.2) is 0 Å². The van der Waals surface area contributed by atoms with Crippen molar-refractivity contribution in [2.75, 3.05) is 32.1 Å². The molecule has 0 bridgehead atoms. The van der Waals surface area contributed by atoms with E-state index in [0.717, 1.165) is 18.2 Å². The van der Waals surface area contributed by atoms with Crippen LogP contribution in [0.15, 0.2) is 0 Å². The van der Waals surface area contributed by atoms with Crippen molar-refractivity contribution in [2.24, 2.45) is 11.7 Å². The first kappa shape index (κ1) is 22.8. The maximum atomic E-state index is 12.5. The van der Waals surface area contributed by atoms with E-state index < -0.39 is 12.0 Å². The van der Waals surface area contributed by atoms with E-state index in [0.29, 0.717) is 31.6 Å². The van der Waals surface area contributed by atoms with Crippen molar-refractivity contribution in [1.29, 1.82) is 0 Å². The van der Waals surface area contributed by atoms with Crippen molar-refractivity contribution >= 4 is 28.8 Å². The molecule has 150 valence electrons. The Kier molecular flexibility index (Phi) is 10.7. The minimum absolute atomic E-state index is 0.0656. The van der Waals surface area contributed by atoms with Crippen molar-refractivity contribution in [1.82, 2.24) is 10.3 Å². The standard InChI is InChI=1S/C15H27N3O7S/c1-11(10-26-13(19)9-16)14(20)17-6-4-5-12(17)15(21)24-7-2-3-8-25-18(22)23/h11-12,22-23H,2-10,16H2,1H3/t11-,12+/m1/s1. The number of carbonyl (C=O) groups is 3. The molecule has 1 saturated heterocycles. The third-order valence-corrected chi connectivity index (χ3v) is 5.04. The molecule has 1 heterocycles. The van der Waals surface area contributed by atoms with E-state index in [4.69, 9.17) is 20.9 Å². The maximum Gasteiger partial charge on any atom is 0.328 e. The van der Waals surface area contributed by atoms with Gasteiger partial charge in [-0.05, 0) is 25.7 Å². The van der Waals surface area contributed by atoms with Gasteiger partial charge >= 0.3 is 5.97 Å². The summed E-state index contributed by atoms with van der Waals surface area (Å²) in [7, 11) is 0. The molecule has 0 aliphatic carbocycles. The monoisotopic (exact) mass is 393 g/mol. The van der Waals surface area contributed by atoms with E-state index in [2.05, 4.69) is 4.84 Å². The van der Waals surface area contributed by atoms with Crippen LogP contribution in [0.25, 0.3) is 0 Å². The van der Waals surface area contributed by atoms with E-state index in [1.54, 1.807) is 6.92 Å². The molecule has 0 spiro atoms. The van der Waals surface area contributed by atoms with Crippen LogP contribution in [0.4, 0.5) is 0 Å². The smallest absolute Gasteiger partial charge is 0.328 e. The van der Waals surface area contributed by atoms with Gasteiger partial charge in [-0.1, -0.05) is 18.7 Å². The van der Waals surface area contributed by atoms with Crippen LogP contribution in [0.3, 0.4) is 0 Å². The van der Waals surface area contributed by atoms with Crippen LogP contribution in [-0.2, 0) is 24.0 Å². The molecular weight excluding hydrogens is 366 g/mol. The Balaban J connectivity index is 2.37. The molecule has 1 rings (SSSR count). The molecule has 1 amide bonds. The first-order valence-electron chi connectivity index (χ1n) is 8.50. The van der Waals surface area contributed by atoms with Gasteiger partial charge < -0.3 is 15.4 Å². The molecule has 1 fully saturated rings. The number of ether oxygens (including phenoxy) is 1. The molecule has 2 atom stereocenters. The van der Waals surface area contributed by atoms with Crippen molar-refractivity contribution in [3.8, 4) is 0 Å². The van der Waals surface area contributed by atoms with E-state index in [1.165, 1.54) is 4.90 Å². The number of hydrogen-bond donors (Lipinski definition) is 3. The molecule has 0 aromatic rings. The van der Waals surface area contributed by atoms with Crippen LogP contribution < -0.4 is 5.73 Å². The Hall–Kier alpha value is -1.24. The van der Waals surface area contributed by atoms with E-state index in [9.17, 15) is 14.4 Å². The highest BCUT2D eigenvalue weighted by molar-refractivity contribution is 8.13. The third-order valence-electron chi connectivity index (χ3n) is 3.88. The van der Waals surface area contributed by atoms with E-state index in [1.807, 2.05) is 0 Å².